The number of nitrogens with one attached hydrogen (secondary N) is 1. The maximum atomic E-state index is 13.2. The zero-order chi connectivity index (χ0) is 23.7. The molecule has 1 fully saturated rings. The molecule has 0 aromatic heterocycles. The zero-order valence-corrected chi connectivity index (χ0v) is 20.2. The summed E-state index contributed by atoms with van der Waals surface area (Å²) in [4.78, 5) is 27.7. The summed E-state index contributed by atoms with van der Waals surface area (Å²) in [7, 11) is 0. The molecule has 4 aromatic rings. The number of anilines is 1. The predicted octanol–water partition coefficient (Wildman–Crippen LogP) is 6.53. The average Bonchev–Trinajstić information content (AvgIpc) is 3.11. The largest absolute Gasteiger partial charge is 0.326 e. The maximum Gasteiger partial charge on any atom is 0.266 e. The second-order valence-electron chi connectivity index (χ2n) is 8.23. The molecule has 5 rings (SSSR count). The standard InChI is InChI=1S/C28H22N2O2S2/c1-18-10-12-21(13-11-18)29-26(31)14-15-30-27(32)25(34-28(30)33)17-24-22-8-4-2-6-19(22)16-20-7-3-5-9-23(20)24/h2-13,16-17H,14-15H2,1H3,(H,29,31)/b25-17-. The predicted molar refractivity (Wildman–Crippen MR) is 146 cm³/mol. The van der Waals surface area contributed by atoms with Crippen LogP contribution in [-0.4, -0.2) is 27.6 Å². The molecule has 0 unspecified atom stereocenters. The molecule has 0 spiro atoms. The quantitative estimate of drug-likeness (QED) is 0.200. The first-order valence-electron chi connectivity index (χ1n) is 11.0. The van der Waals surface area contributed by atoms with Crippen LogP contribution in [0.5, 0.6) is 0 Å². The molecule has 0 bridgehead atoms. The van der Waals surface area contributed by atoms with Gasteiger partial charge >= 0.3 is 0 Å². The fourth-order valence-corrected chi connectivity index (χ4v) is 5.39. The first-order chi connectivity index (χ1) is 16.5. The topological polar surface area (TPSA) is 49.4 Å². The highest BCUT2D eigenvalue weighted by Crippen LogP contribution is 2.36. The Bertz CT molecular complexity index is 1420. The van der Waals surface area contributed by atoms with Crippen molar-refractivity contribution in [3.05, 3.63) is 94.9 Å². The number of fused-ring (bicyclic) bond motifs is 2. The van der Waals surface area contributed by atoms with E-state index in [9.17, 15) is 9.59 Å². The van der Waals surface area contributed by atoms with Crippen LogP contribution < -0.4 is 5.32 Å². The lowest BCUT2D eigenvalue weighted by Crippen LogP contribution is -2.31. The Hall–Kier alpha value is -3.48. The van der Waals surface area contributed by atoms with Crippen LogP contribution in [0.1, 0.15) is 17.5 Å². The molecule has 0 radical (unpaired) electrons. The summed E-state index contributed by atoms with van der Waals surface area (Å²) in [5, 5.41) is 7.29. The van der Waals surface area contributed by atoms with Gasteiger partial charge in [-0.05, 0) is 58.3 Å². The van der Waals surface area contributed by atoms with Gasteiger partial charge in [0.1, 0.15) is 4.32 Å². The maximum absolute atomic E-state index is 13.2. The van der Waals surface area contributed by atoms with Crippen molar-refractivity contribution in [2.24, 2.45) is 0 Å². The Balaban J connectivity index is 1.38. The molecule has 1 N–H and O–H groups in total. The summed E-state index contributed by atoms with van der Waals surface area (Å²) in [6.45, 7) is 2.24. The monoisotopic (exact) mass is 482 g/mol. The number of thioether (sulfide) groups is 1. The minimum atomic E-state index is -0.157. The number of hydrogen-bond donors (Lipinski definition) is 1. The molecular formula is C28H22N2O2S2. The second-order valence-corrected chi connectivity index (χ2v) is 9.91. The van der Waals surface area contributed by atoms with Gasteiger partial charge in [0.05, 0.1) is 4.91 Å². The van der Waals surface area contributed by atoms with E-state index in [-0.39, 0.29) is 24.8 Å². The van der Waals surface area contributed by atoms with Crippen molar-refractivity contribution in [1.82, 2.24) is 4.90 Å². The number of thiocarbonyl (C=S) groups is 1. The fourth-order valence-electron chi connectivity index (χ4n) is 4.10. The molecular weight excluding hydrogens is 460 g/mol. The first kappa shape index (κ1) is 22.3. The van der Waals surface area contributed by atoms with Crippen molar-refractivity contribution in [3.63, 3.8) is 0 Å². The van der Waals surface area contributed by atoms with Gasteiger partial charge in [0.25, 0.3) is 5.91 Å². The van der Waals surface area contributed by atoms with Crippen LogP contribution >= 0.6 is 24.0 Å². The van der Waals surface area contributed by atoms with E-state index in [0.717, 1.165) is 38.4 Å². The van der Waals surface area contributed by atoms with Crippen LogP contribution in [0, 0.1) is 6.92 Å². The van der Waals surface area contributed by atoms with Crippen molar-refractivity contribution in [1.29, 1.82) is 0 Å². The first-order valence-corrected chi connectivity index (χ1v) is 12.2. The Morgan fingerprint density at radius 3 is 2.24 bits per heavy atom. The molecule has 1 saturated heterocycles. The number of nitrogens with zero attached hydrogens (tertiary/aromatic N) is 1. The van der Waals surface area contributed by atoms with E-state index in [0.29, 0.717) is 9.23 Å². The highest BCUT2D eigenvalue weighted by molar-refractivity contribution is 8.26. The lowest BCUT2D eigenvalue weighted by Gasteiger charge is -2.14. The van der Waals surface area contributed by atoms with Crippen molar-refractivity contribution in [2.45, 2.75) is 13.3 Å². The molecule has 0 atom stereocenters. The van der Waals surface area contributed by atoms with Crippen LogP contribution in [0.3, 0.4) is 0 Å². The number of rotatable bonds is 5. The highest BCUT2D eigenvalue weighted by Gasteiger charge is 2.32. The van der Waals surface area contributed by atoms with E-state index < -0.39 is 0 Å². The van der Waals surface area contributed by atoms with E-state index in [1.54, 1.807) is 0 Å². The van der Waals surface area contributed by atoms with E-state index in [1.165, 1.54) is 16.7 Å². The lowest BCUT2D eigenvalue weighted by molar-refractivity contribution is -0.122. The van der Waals surface area contributed by atoms with Gasteiger partial charge in [0, 0.05) is 18.7 Å². The van der Waals surface area contributed by atoms with Gasteiger partial charge in [0.2, 0.25) is 5.91 Å². The van der Waals surface area contributed by atoms with Crippen LogP contribution in [0.4, 0.5) is 5.69 Å². The smallest absolute Gasteiger partial charge is 0.266 e. The fraction of sp³-hybridized carbons (Fsp3) is 0.107. The third kappa shape index (κ3) is 4.47. The molecule has 1 heterocycles. The van der Waals surface area contributed by atoms with Gasteiger partial charge in [0.15, 0.2) is 0 Å². The highest BCUT2D eigenvalue weighted by atomic mass is 32.2. The molecule has 6 heteroatoms. The molecule has 1 aliphatic rings. The summed E-state index contributed by atoms with van der Waals surface area (Å²) in [6.07, 6.45) is 2.11. The Morgan fingerprint density at radius 2 is 1.59 bits per heavy atom. The molecule has 4 nitrogen and oxygen atoms in total. The van der Waals surface area contributed by atoms with Crippen LogP contribution in [-0.2, 0) is 9.59 Å². The number of carbonyl (C=O) groups excluding carboxylic acids is 2. The van der Waals surface area contributed by atoms with E-state index in [1.807, 2.05) is 61.5 Å². The molecule has 1 aliphatic heterocycles. The van der Waals surface area contributed by atoms with Crippen molar-refractivity contribution in [3.8, 4) is 0 Å². The van der Waals surface area contributed by atoms with E-state index in [2.05, 4.69) is 35.6 Å². The Morgan fingerprint density at radius 1 is 0.971 bits per heavy atom. The normalized spacial score (nSPS) is 15.0. The summed E-state index contributed by atoms with van der Waals surface area (Å²) < 4.78 is 0.476. The van der Waals surface area contributed by atoms with Crippen LogP contribution in [0.25, 0.3) is 27.6 Å². The minimum Gasteiger partial charge on any atom is -0.326 e. The Labute approximate surface area is 207 Å². The number of amides is 2. The van der Waals surface area contributed by atoms with Gasteiger partial charge in [-0.1, -0.05) is 90.2 Å². The summed E-state index contributed by atoms with van der Waals surface area (Å²) in [6, 6.07) is 26.1. The molecule has 2 amide bonds. The SMILES string of the molecule is Cc1ccc(NC(=O)CCN2C(=O)/C(=C/c3c4ccccc4cc4ccccc34)SC2=S)cc1. The van der Waals surface area contributed by atoms with E-state index >= 15 is 0 Å². The number of hydrogen-bond acceptors (Lipinski definition) is 4. The van der Waals surface area contributed by atoms with Crippen LogP contribution in [0.2, 0.25) is 0 Å². The molecule has 0 saturated carbocycles. The zero-order valence-electron chi connectivity index (χ0n) is 18.6. The van der Waals surface area contributed by atoms with Crippen molar-refractivity contribution < 1.29 is 9.59 Å². The van der Waals surface area contributed by atoms with Gasteiger partial charge < -0.3 is 5.32 Å². The van der Waals surface area contributed by atoms with Gasteiger partial charge in [-0.3, -0.25) is 14.5 Å². The van der Waals surface area contributed by atoms with Gasteiger partial charge in [-0.2, -0.15) is 0 Å². The number of benzene rings is 4. The van der Waals surface area contributed by atoms with Crippen molar-refractivity contribution in [2.75, 3.05) is 11.9 Å². The minimum absolute atomic E-state index is 0.151. The van der Waals surface area contributed by atoms with Gasteiger partial charge in [-0.25, -0.2) is 0 Å². The average molecular weight is 483 g/mol. The molecule has 168 valence electrons. The molecule has 34 heavy (non-hydrogen) atoms. The summed E-state index contributed by atoms with van der Waals surface area (Å²) >= 11 is 6.78. The van der Waals surface area contributed by atoms with Crippen LogP contribution in [0.15, 0.2) is 83.8 Å². The van der Waals surface area contributed by atoms with Crippen molar-refractivity contribution >= 4 is 73.4 Å². The molecule has 4 aromatic carbocycles. The summed E-state index contributed by atoms with van der Waals surface area (Å²) in [5.41, 5.74) is 2.87. The van der Waals surface area contributed by atoms with Gasteiger partial charge in [-0.15, -0.1) is 0 Å². The third-order valence-electron chi connectivity index (χ3n) is 5.86. The molecule has 0 aliphatic carbocycles. The second kappa shape index (κ2) is 9.41. The third-order valence-corrected chi connectivity index (χ3v) is 7.24. The summed E-state index contributed by atoms with van der Waals surface area (Å²) in [5.74, 6) is -0.308. The van der Waals surface area contributed by atoms with E-state index in [4.69, 9.17) is 12.2 Å². The lowest BCUT2D eigenvalue weighted by atomic mass is 9.96. The number of aryl methyl sites for hydroxylation is 1. The number of carbonyl (C=O) groups is 2. The Kier molecular flexibility index (Phi) is 6.18.